The smallest absolute Gasteiger partial charge is 0.433 e. The second kappa shape index (κ2) is 10.4. The van der Waals surface area contributed by atoms with E-state index in [0.29, 0.717) is 16.5 Å². The first-order chi connectivity index (χ1) is 16.3. The Hall–Kier alpha value is -3.22. The summed E-state index contributed by atoms with van der Waals surface area (Å²) in [5.41, 5.74) is -0.272. The molecule has 2 N–H and O–H groups in total. The van der Waals surface area contributed by atoms with Crippen LogP contribution in [0.2, 0.25) is 5.02 Å². The molecule has 0 fully saturated rings. The van der Waals surface area contributed by atoms with Gasteiger partial charge in [-0.25, -0.2) is 19.9 Å². The van der Waals surface area contributed by atoms with E-state index in [-0.39, 0.29) is 27.8 Å². The monoisotopic (exact) mass is 522 g/mol. The summed E-state index contributed by atoms with van der Waals surface area (Å²) >= 11 is 12.0. The van der Waals surface area contributed by atoms with E-state index in [4.69, 9.17) is 28.2 Å². The number of anilines is 1. The van der Waals surface area contributed by atoms with Crippen molar-refractivity contribution < 1.29 is 17.6 Å². The first-order valence-corrected chi connectivity index (χ1v) is 11.2. The van der Waals surface area contributed by atoms with Crippen LogP contribution in [0.25, 0.3) is 11.3 Å². The molecular weight excluding hydrogens is 509 g/mol. The number of rotatable bonds is 6. The van der Waals surface area contributed by atoms with Crippen LogP contribution < -0.4 is 10.6 Å². The van der Waals surface area contributed by atoms with E-state index in [1.54, 1.807) is 30.3 Å². The molecule has 0 amide bonds. The molecule has 0 bridgehead atoms. The van der Waals surface area contributed by atoms with Gasteiger partial charge in [0.25, 0.3) is 0 Å². The zero-order valence-electron chi connectivity index (χ0n) is 17.0. The minimum absolute atomic E-state index is 0.0115. The van der Waals surface area contributed by atoms with Gasteiger partial charge < -0.3 is 15.1 Å². The van der Waals surface area contributed by atoms with Gasteiger partial charge in [0.2, 0.25) is 5.95 Å². The van der Waals surface area contributed by atoms with Gasteiger partial charge in [-0.15, -0.1) is 0 Å². The predicted octanol–water partition coefficient (Wildman–Crippen LogP) is 5.84. The summed E-state index contributed by atoms with van der Waals surface area (Å²) in [6.07, 6.45) is -1.72. The van der Waals surface area contributed by atoms with E-state index < -0.39 is 11.9 Å². The predicted molar refractivity (Wildman–Crippen MR) is 125 cm³/mol. The van der Waals surface area contributed by atoms with Crippen molar-refractivity contribution in [3.8, 4) is 11.3 Å². The highest BCUT2D eigenvalue weighted by atomic mass is 35.5. The van der Waals surface area contributed by atoms with E-state index in [0.717, 1.165) is 23.4 Å². The number of aromatic nitrogens is 4. The van der Waals surface area contributed by atoms with Crippen LogP contribution in [0, 0.1) is 0 Å². The Kier molecular flexibility index (Phi) is 7.29. The first-order valence-electron chi connectivity index (χ1n) is 9.57. The fraction of sp³-hybridized carbons (Fsp3) is 0.0952. The van der Waals surface area contributed by atoms with E-state index in [1.165, 1.54) is 12.4 Å². The lowest BCUT2D eigenvalue weighted by atomic mass is 10.2. The molecule has 0 saturated heterocycles. The molecule has 0 aliphatic heterocycles. The fourth-order valence-corrected chi connectivity index (χ4v) is 3.67. The number of thiocarbonyl (C=S) groups is 1. The number of alkyl halides is 3. The number of halogens is 4. The molecule has 1 aromatic carbocycles. The maximum atomic E-state index is 13.3. The van der Waals surface area contributed by atoms with Crippen LogP contribution in [-0.4, -0.2) is 25.0 Å². The van der Waals surface area contributed by atoms with Crippen molar-refractivity contribution in [3.63, 3.8) is 0 Å². The SMILES string of the molecule is FC(F)(F)c1cc(Sc2ncccn2)nc(NC(=S)NCc2ccc(-c3ccc(Cl)cc3)o2)n1. The Balaban J connectivity index is 1.43. The molecular formula is C21H14ClF3N6OS2. The van der Waals surface area contributed by atoms with Gasteiger partial charge in [0.15, 0.2) is 16.0 Å². The Labute approximate surface area is 206 Å². The van der Waals surface area contributed by atoms with Gasteiger partial charge in [-0.05, 0) is 66.4 Å². The minimum atomic E-state index is -4.67. The second-order valence-corrected chi connectivity index (χ2v) is 8.46. The molecule has 0 radical (unpaired) electrons. The van der Waals surface area contributed by atoms with Gasteiger partial charge in [-0.2, -0.15) is 13.2 Å². The van der Waals surface area contributed by atoms with Gasteiger partial charge in [0.1, 0.15) is 16.5 Å². The van der Waals surface area contributed by atoms with Crippen molar-refractivity contribution in [3.05, 3.63) is 77.4 Å². The third kappa shape index (κ3) is 6.43. The van der Waals surface area contributed by atoms with Crippen LogP contribution in [0.15, 0.2) is 75.5 Å². The van der Waals surface area contributed by atoms with E-state index in [9.17, 15) is 13.2 Å². The fourth-order valence-electron chi connectivity index (χ4n) is 2.67. The average Bonchev–Trinajstić information content (AvgIpc) is 3.27. The maximum absolute atomic E-state index is 13.3. The molecule has 7 nitrogen and oxygen atoms in total. The molecule has 0 unspecified atom stereocenters. The number of nitrogens with one attached hydrogen (secondary N) is 2. The van der Waals surface area contributed by atoms with Crippen molar-refractivity contribution in [1.82, 2.24) is 25.3 Å². The molecule has 0 saturated carbocycles. The normalized spacial score (nSPS) is 11.3. The van der Waals surface area contributed by atoms with E-state index in [2.05, 4.69) is 30.6 Å². The first kappa shape index (κ1) is 23.9. The number of nitrogens with zero attached hydrogens (tertiary/aromatic N) is 4. The molecule has 34 heavy (non-hydrogen) atoms. The van der Waals surface area contributed by atoms with Gasteiger partial charge in [-0.1, -0.05) is 11.6 Å². The second-order valence-electron chi connectivity index (χ2n) is 6.63. The number of benzene rings is 1. The topological polar surface area (TPSA) is 88.8 Å². The number of hydrogen-bond donors (Lipinski definition) is 2. The quantitative estimate of drug-likeness (QED) is 0.184. The molecule has 0 aliphatic carbocycles. The summed E-state index contributed by atoms with van der Waals surface area (Å²) < 4.78 is 45.8. The third-order valence-electron chi connectivity index (χ3n) is 4.17. The summed E-state index contributed by atoms with van der Waals surface area (Å²) in [7, 11) is 0. The molecule has 0 atom stereocenters. The van der Waals surface area contributed by atoms with Crippen molar-refractivity contribution in [2.75, 3.05) is 5.32 Å². The van der Waals surface area contributed by atoms with Crippen LogP contribution in [0.3, 0.4) is 0 Å². The molecule has 13 heteroatoms. The van der Waals surface area contributed by atoms with Crippen LogP contribution in [-0.2, 0) is 12.7 Å². The lowest BCUT2D eigenvalue weighted by Gasteiger charge is -2.12. The van der Waals surface area contributed by atoms with Crippen molar-refractivity contribution >= 4 is 46.6 Å². The highest BCUT2D eigenvalue weighted by Gasteiger charge is 2.34. The third-order valence-corrected chi connectivity index (χ3v) is 5.48. The summed E-state index contributed by atoms with van der Waals surface area (Å²) in [5.74, 6) is 0.891. The summed E-state index contributed by atoms with van der Waals surface area (Å²) in [5, 5.41) is 6.34. The Morgan fingerprint density at radius 1 is 1.06 bits per heavy atom. The molecule has 0 spiro atoms. The number of hydrogen-bond acceptors (Lipinski definition) is 7. The molecule has 0 aliphatic rings. The largest absolute Gasteiger partial charge is 0.459 e. The van der Waals surface area contributed by atoms with E-state index in [1.807, 2.05) is 12.1 Å². The highest BCUT2D eigenvalue weighted by Crippen LogP contribution is 2.32. The molecule has 4 rings (SSSR count). The van der Waals surface area contributed by atoms with Crippen LogP contribution in [0.5, 0.6) is 0 Å². The highest BCUT2D eigenvalue weighted by molar-refractivity contribution is 7.99. The van der Waals surface area contributed by atoms with Crippen LogP contribution >= 0.6 is 35.6 Å². The van der Waals surface area contributed by atoms with Gasteiger partial charge in [0.05, 0.1) is 6.54 Å². The molecule has 3 aromatic heterocycles. The molecule has 3 heterocycles. The standard InChI is InChI=1S/C21H14ClF3N6OS2/c22-13-4-2-12(3-5-13)15-7-6-14(32-15)11-28-19(33)31-18-29-16(21(23,24)25)10-17(30-18)34-20-26-8-1-9-27-20/h1-10H,11H2,(H2,28,29,30,31,33). The Morgan fingerprint density at radius 2 is 1.79 bits per heavy atom. The summed E-state index contributed by atoms with van der Waals surface area (Å²) in [4.78, 5) is 15.6. The van der Waals surface area contributed by atoms with Gasteiger partial charge in [0, 0.05) is 29.0 Å². The van der Waals surface area contributed by atoms with Crippen molar-refractivity contribution in [2.45, 2.75) is 22.9 Å². The zero-order chi connectivity index (χ0) is 24.1. The zero-order valence-corrected chi connectivity index (χ0v) is 19.4. The molecule has 4 aromatic rings. The van der Waals surface area contributed by atoms with Gasteiger partial charge in [-0.3, -0.25) is 0 Å². The van der Waals surface area contributed by atoms with Gasteiger partial charge >= 0.3 is 6.18 Å². The summed E-state index contributed by atoms with van der Waals surface area (Å²) in [6, 6.07) is 13.1. The Bertz CT molecular complexity index is 1290. The lowest BCUT2D eigenvalue weighted by molar-refractivity contribution is -0.141. The average molecular weight is 523 g/mol. The lowest BCUT2D eigenvalue weighted by Crippen LogP contribution is -2.29. The minimum Gasteiger partial charge on any atom is -0.459 e. The van der Waals surface area contributed by atoms with Crippen LogP contribution in [0.4, 0.5) is 19.1 Å². The van der Waals surface area contributed by atoms with Crippen molar-refractivity contribution in [1.29, 1.82) is 0 Å². The molecule has 174 valence electrons. The maximum Gasteiger partial charge on any atom is 0.433 e. The van der Waals surface area contributed by atoms with Crippen molar-refractivity contribution in [2.24, 2.45) is 0 Å². The number of furan rings is 1. The summed E-state index contributed by atoms with van der Waals surface area (Å²) in [6.45, 7) is 0.192. The Morgan fingerprint density at radius 3 is 2.50 bits per heavy atom. The van der Waals surface area contributed by atoms with E-state index >= 15 is 0 Å². The van der Waals surface area contributed by atoms with Crippen LogP contribution in [0.1, 0.15) is 11.5 Å².